The lowest BCUT2D eigenvalue weighted by molar-refractivity contribution is -0.153. The molecule has 0 aromatic rings. The predicted octanol–water partition coefficient (Wildman–Crippen LogP) is -0.959. The molecule has 2 unspecified atom stereocenters. The Kier molecular flexibility index (Phi) is 4.44. The van der Waals surface area contributed by atoms with Gasteiger partial charge >= 0.3 is 6.03 Å². The van der Waals surface area contributed by atoms with Crippen LogP contribution in [0.5, 0.6) is 0 Å². The predicted molar refractivity (Wildman–Crippen MR) is 72.8 cm³/mol. The third-order valence-corrected chi connectivity index (χ3v) is 4.01. The van der Waals surface area contributed by atoms with Gasteiger partial charge in [0.2, 0.25) is 17.7 Å². The SMILES string of the molecule is CCC1C(=O)NC(=O)CN1C(=O)C1CCCN(C(N)=O)C1. The number of imide groups is 1. The molecule has 2 heterocycles. The van der Waals surface area contributed by atoms with Gasteiger partial charge in [-0.15, -0.1) is 0 Å². The lowest BCUT2D eigenvalue weighted by Crippen LogP contribution is -2.61. The first kappa shape index (κ1) is 15.3. The molecule has 0 aromatic carbocycles. The molecule has 2 fully saturated rings. The van der Waals surface area contributed by atoms with Crippen LogP contribution in [0.3, 0.4) is 0 Å². The highest BCUT2D eigenvalue weighted by atomic mass is 16.2. The standard InChI is InChI=1S/C13H20N4O4/c1-2-9-11(19)15-10(18)7-17(9)12(20)8-4-3-5-16(6-8)13(14)21/h8-9H,2-7H2,1H3,(H2,14,21)(H,15,18,19). The summed E-state index contributed by atoms with van der Waals surface area (Å²) in [5, 5.41) is 2.24. The molecule has 2 rings (SSSR count). The van der Waals surface area contributed by atoms with E-state index in [9.17, 15) is 19.2 Å². The Balaban J connectivity index is 2.11. The molecule has 2 aliphatic rings. The number of nitrogens with zero attached hydrogens (tertiary/aromatic N) is 2. The first-order valence-corrected chi connectivity index (χ1v) is 7.12. The van der Waals surface area contributed by atoms with E-state index in [1.54, 1.807) is 6.92 Å². The molecule has 2 saturated heterocycles. The molecule has 21 heavy (non-hydrogen) atoms. The summed E-state index contributed by atoms with van der Waals surface area (Å²) >= 11 is 0. The van der Waals surface area contributed by atoms with E-state index >= 15 is 0 Å². The fraction of sp³-hybridized carbons (Fsp3) is 0.692. The van der Waals surface area contributed by atoms with Crippen molar-refractivity contribution in [2.45, 2.75) is 32.2 Å². The molecule has 0 saturated carbocycles. The van der Waals surface area contributed by atoms with E-state index in [-0.39, 0.29) is 19.0 Å². The van der Waals surface area contributed by atoms with Gasteiger partial charge in [-0.1, -0.05) is 6.92 Å². The average molecular weight is 296 g/mol. The average Bonchev–Trinajstić information content (AvgIpc) is 2.45. The van der Waals surface area contributed by atoms with Crippen LogP contribution in [-0.4, -0.2) is 59.2 Å². The van der Waals surface area contributed by atoms with Gasteiger partial charge < -0.3 is 15.5 Å². The molecule has 116 valence electrons. The van der Waals surface area contributed by atoms with Crippen LogP contribution in [0.15, 0.2) is 0 Å². The Morgan fingerprint density at radius 2 is 2.10 bits per heavy atom. The second-order valence-electron chi connectivity index (χ2n) is 5.43. The second-order valence-corrected chi connectivity index (χ2v) is 5.43. The monoisotopic (exact) mass is 296 g/mol. The summed E-state index contributed by atoms with van der Waals surface area (Å²) in [6, 6.07) is -1.17. The van der Waals surface area contributed by atoms with Crippen molar-refractivity contribution in [3.8, 4) is 0 Å². The quantitative estimate of drug-likeness (QED) is 0.639. The van der Waals surface area contributed by atoms with E-state index in [0.717, 1.165) is 0 Å². The van der Waals surface area contributed by atoms with Gasteiger partial charge in [0.25, 0.3) is 0 Å². The normalized spacial score (nSPS) is 26.5. The number of nitrogens with one attached hydrogen (secondary N) is 1. The van der Waals surface area contributed by atoms with Crippen LogP contribution in [0.4, 0.5) is 4.79 Å². The Morgan fingerprint density at radius 1 is 1.38 bits per heavy atom. The molecular weight excluding hydrogens is 276 g/mol. The maximum atomic E-state index is 12.6. The van der Waals surface area contributed by atoms with Gasteiger partial charge in [-0.05, 0) is 19.3 Å². The molecule has 8 nitrogen and oxygen atoms in total. The lowest BCUT2D eigenvalue weighted by atomic mass is 9.95. The zero-order valence-electron chi connectivity index (χ0n) is 12.0. The van der Waals surface area contributed by atoms with E-state index < -0.39 is 29.8 Å². The molecule has 8 heteroatoms. The van der Waals surface area contributed by atoms with Crippen molar-refractivity contribution in [3.05, 3.63) is 0 Å². The maximum absolute atomic E-state index is 12.6. The number of amides is 5. The number of urea groups is 1. The number of piperidine rings is 1. The van der Waals surface area contributed by atoms with Crippen LogP contribution in [0.2, 0.25) is 0 Å². The zero-order chi connectivity index (χ0) is 15.6. The van der Waals surface area contributed by atoms with Crippen molar-refractivity contribution in [1.82, 2.24) is 15.1 Å². The highest BCUT2D eigenvalue weighted by Gasteiger charge is 2.39. The fourth-order valence-corrected chi connectivity index (χ4v) is 2.92. The number of rotatable bonds is 2. The Labute approximate surface area is 122 Å². The van der Waals surface area contributed by atoms with Gasteiger partial charge in [-0.2, -0.15) is 0 Å². The largest absolute Gasteiger partial charge is 0.351 e. The third kappa shape index (κ3) is 3.14. The van der Waals surface area contributed by atoms with E-state index in [1.807, 2.05) is 0 Å². The van der Waals surface area contributed by atoms with Gasteiger partial charge in [-0.25, -0.2) is 4.79 Å². The van der Waals surface area contributed by atoms with Crippen molar-refractivity contribution in [1.29, 1.82) is 0 Å². The van der Waals surface area contributed by atoms with Gasteiger partial charge in [0, 0.05) is 13.1 Å². The zero-order valence-corrected chi connectivity index (χ0v) is 12.0. The number of likely N-dealkylation sites (tertiary alicyclic amines) is 1. The lowest BCUT2D eigenvalue weighted by Gasteiger charge is -2.38. The summed E-state index contributed by atoms with van der Waals surface area (Å²) in [6.45, 7) is 2.46. The Morgan fingerprint density at radius 3 is 2.71 bits per heavy atom. The van der Waals surface area contributed by atoms with Crippen LogP contribution in [0, 0.1) is 5.92 Å². The summed E-state index contributed by atoms with van der Waals surface area (Å²) in [5.74, 6) is -1.57. The van der Waals surface area contributed by atoms with E-state index in [0.29, 0.717) is 25.8 Å². The topological polar surface area (TPSA) is 113 Å². The second kappa shape index (κ2) is 6.11. The number of primary amides is 1. The Bertz CT molecular complexity index is 479. The van der Waals surface area contributed by atoms with Crippen LogP contribution in [0.1, 0.15) is 26.2 Å². The third-order valence-electron chi connectivity index (χ3n) is 4.01. The summed E-state index contributed by atoms with van der Waals surface area (Å²) in [5.41, 5.74) is 5.25. The number of hydrogen-bond acceptors (Lipinski definition) is 4. The smallest absolute Gasteiger partial charge is 0.314 e. The summed E-state index contributed by atoms with van der Waals surface area (Å²) in [7, 11) is 0. The minimum Gasteiger partial charge on any atom is -0.351 e. The van der Waals surface area contributed by atoms with E-state index in [4.69, 9.17) is 5.73 Å². The highest BCUT2D eigenvalue weighted by molar-refractivity contribution is 6.04. The van der Waals surface area contributed by atoms with E-state index in [1.165, 1.54) is 9.80 Å². The van der Waals surface area contributed by atoms with Gasteiger partial charge in [0.05, 0.1) is 5.92 Å². The molecule has 0 aromatic heterocycles. The molecule has 5 amide bonds. The Hall–Kier alpha value is -2.12. The molecule has 0 aliphatic carbocycles. The van der Waals surface area contributed by atoms with Crippen LogP contribution < -0.4 is 11.1 Å². The van der Waals surface area contributed by atoms with Crippen LogP contribution in [-0.2, 0) is 14.4 Å². The first-order chi connectivity index (χ1) is 9.93. The number of hydrogen-bond donors (Lipinski definition) is 2. The van der Waals surface area contributed by atoms with Crippen molar-refractivity contribution in [2.24, 2.45) is 11.7 Å². The van der Waals surface area contributed by atoms with Gasteiger partial charge in [0.1, 0.15) is 12.6 Å². The summed E-state index contributed by atoms with van der Waals surface area (Å²) < 4.78 is 0. The summed E-state index contributed by atoms with van der Waals surface area (Å²) in [6.07, 6.45) is 1.76. The maximum Gasteiger partial charge on any atom is 0.314 e. The molecular formula is C13H20N4O4. The van der Waals surface area contributed by atoms with Crippen LogP contribution in [0.25, 0.3) is 0 Å². The minimum atomic E-state index is -0.626. The van der Waals surface area contributed by atoms with Gasteiger partial charge in [0.15, 0.2) is 0 Å². The molecule has 3 N–H and O–H groups in total. The number of carbonyl (C=O) groups excluding carboxylic acids is 4. The molecule has 2 atom stereocenters. The van der Waals surface area contributed by atoms with Crippen molar-refractivity contribution < 1.29 is 19.2 Å². The fourth-order valence-electron chi connectivity index (χ4n) is 2.92. The summed E-state index contributed by atoms with van der Waals surface area (Å²) in [4.78, 5) is 49.9. The number of carbonyl (C=O) groups is 4. The minimum absolute atomic E-state index is 0.115. The van der Waals surface area contributed by atoms with E-state index in [2.05, 4.69) is 5.32 Å². The first-order valence-electron chi connectivity index (χ1n) is 7.12. The molecule has 0 bridgehead atoms. The number of nitrogens with two attached hydrogens (primary N) is 1. The van der Waals surface area contributed by atoms with Gasteiger partial charge in [-0.3, -0.25) is 19.7 Å². The highest BCUT2D eigenvalue weighted by Crippen LogP contribution is 2.21. The number of piperazine rings is 1. The van der Waals surface area contributed by atoms with Crippen molar-refractivity contribution in [3.63, 3.8) is 0 Å². The molecule has 0 spiro atoms. The van der Waals surface area contributed by atoms with Crippen LogP contribution >= 0.6 is 0 Å². The van der Waals surface area contributed by atoms with Crippen molar-refractivity contribution in [2.75, 3.05) is 19.6 Å². The molecule has 0 radical (unpaired) electrons. The molecule has 2 aliphatic heterocycles. The van der Waals surface area contributed by atoms with Crippen molar-refractivity contribution >= 4 is 23.8 Å².